The van der Waals surface area contributed by atoms with Crippen molar-refractivity contribution in [3.05, 3.63) is 51.5 Å². The fraction of sp³-hybridized carbons (Fsp3) is 0.560. The van der Waals surface area contributed by atoms with Crippen LogP contribution in [0, 0.1) is 19.3 Å². The van der Waals surface area contributed by atoms with Crippen molar-refractivity contribution >= 4 is 23.2 Å². The Kier molecular flexibility index (Phi) is 4.96. The van der Waals surface area contributed by atoms with Gasteiger partial charge in [0.25, 0.3) is 5.91 Å². The molecule has 1 aromatic heterocycles. The molecule has 2 aromatic rings. The fourth-order valence-corrected chi connectivity index (χ4v) is 7.64. The minimum Gasteiger partial charge on any atom is -0.334 e. The second kappa shape index (κ2) is 7.44. The summed E-state index contributed by atoms with van der Waals surface area (Å²) < 4.78 is 0. The molecular formula is C25H31N3O2S. The van der Waals surface area contributed by atoms with Crippen molar-refractivity contribution in [2.75, 3.05) is 0 Å². The summed E-state index contributed by atoms with van der Waals surface area (Å²) in [5.74, 6) is 0.257. The van der Waals surface area contributed by atoms with E-state index < -0.39 is 0 Å². The van der Waals surface area contributed by atoms with Gasteiger partial charge in [0.15, 0.2) is 0 Å². The van der Waals surface area contributed by atoms with Gasteiger partial charge in [0.1, 0.15) is 4.88 Å². The van der Waals surface area contributed by atoms with Gasteiger partial charge in [0.05, 0.1) is 22.8 Å². The van der Waals surface area contributed by atoms with E-state index >= 15 is 0 Å². The highest BCUT2D eigenvalue weighted by Crippen LogP contribution is 2.56. The Bertz CT molecular complexity index is 1020. The summed E-state index contributed by atoms with van der Waals surface area (Å²) in [4.78, 5) is 36.6. The normalized spacial score (nSPS) is 31.7. The van der Waals surface area contributed by atoms with Crippen LogP contribution in [-0.2, 0) is 11.2 Å². The Morgan fingerprint density at radius 2 is 1.81 bits per heavy atom. The number of fused-ring (bicyclic) bond motifs is 1. The maximum Gasteiger partial charge on any atom is 0.266 e. The second-order valence-electron chi connectivity index (χ2n) is 9.78. The summed E-state index contributed by atoms with van der Waals surface area (Å²) in [5, 5.41) is 0.929. The molecule has 5 nitrogen and oxygen atoms in total. The van der Waals surface area contributed by atoms with Gasteiger partial charge in [0.2, 0.25) is 5.91 Å². The first kappa shape index (κ1) is 20.7. The van der Waals surface area contributed by atoms with Gasteiger partial charge in [-0.25, -0.2) is 4.98 Å². The molecule has 2 saturated heterocycles. The molecule has 0 radical (unpaired) electrons. The van der Waals surface area contributed by atoms with Gasteiger partial charge in [-0.2, -0.15) is 0 Å². The summed E-state index contributed by atoms with van der Waals surface area (Å²) >= 11 is 1.50. The van der Waals surface area contributed by atoms with Crippen LogP contribution in [0.15, 0.2) is 30.3 Å². The van der Waals surface area contributed by atoms with Crippen LogP contribution in [0.2, 0.25) is 0 Å². The zero-order chi connectivity index (χ0) is 21.9. The molecule has 1 saturated carbocycles. The monoisotopic (exact) mass is 437 g/mol. The molecule has 31 heavy (non-hydrogen) atoms. The van der Waals surface area contributed by atoms with E-state index in [0.717, 1.165) is 47.7 Å². The van der Waals surface area contributed by atoms with Gasteiger partial charge in [-0.15, -0.1) is 11.3 Å². The molecule has 0 spiro atoms. The van der Waals surface area contributed by atoms with Crippen LogP contribution >= 0.6 is 11.3 Å². The standard InChI is InChI=1S/C25H31N3O2S/c1-15-23(31-16(2)26-15)24(30)28-19(13-18-9-6-5-7-10-18)20-14-25(4)21(27(20)17(3)29)11-8-12-22(25)28/h5-7,9-10,19-22H,8,11-14H2,1-4H3/t19-,20-,21-,22+,25-/m0/s1. The number of likely N-dealkylation sites (tertiary alicyclic amines) is 2. The number of thiazole rings is 1. The molecule has 1 aliphatic carbocycles. The van der Waals surface area contributed by atoms with Gasteiger partial charge in [-0.1, -0.05) is 37.3 Å². The first-order valence-electron chi connectivity index (χ1n) is 11.4. The number of hydrogen-bond donors (Lipinski definition) is 0. The molecule has 2 bridgehead atoms. The molecule has 0 N–H and O–H groups in total. The van der Waals surface area contributed by atoms with Crippen molar-refractivity contribution in [2.24, 2.45) is 5.41 Å². The second-order valence-corrected chi connectivity index (χ2v) is 11.0. The number of carbonyl (C=O) groups is 2. The topological polar surface area (TPSA) is 53.5 Å². The van der Waals surface area contributed by atoms with Crippen molar-refractivity contribution in [1.29, 1.82) is 0 Å². The molecule has 1 aromatic carbocycles. The maximum absolute atomic E-state index is 14.1. The number of aryl methyl sites for hydroxylation is 2. The third-order valence-corrected chi connectivity index (χ3v) is 9.00. The minimum atomic E-state index is -0.0366. The number of aromatic nitrogens is 1. The van der Waals surface area contributed by atoms with E-state index in [1.165, 1.54) is 16.9 Å². The predicted molar refractivity (Wildman–Crippen MR) is 122 cm³/mol. The summed E-state index contributed by atoms with van der Waals surface area (Å²) in [7, 11) is 0. The van der Waals surface area contributed by atoms with Crippen LogP contribution in [0.1, 0.15) is 65.5 Å². The molecule has 3 heterocycles. The molecule has 5 atom stereocenters. The Morgan fingerprint density at radius 1 is 1.13 bits per heavy atom. The lowest BCUT2D eigenvalue weighted by Gasteiger charge is -2.53. The highest BCUT2D eigenvalue weighted by molar-refractivity contribution is 7.13. The number of nitrogens with zero attached hydrogens (tertiary/aromatic N) is 3. The van der Waals surface area contributed by atoms with Gasteiger partial charge in [0, 0.05) is 24.4 Å². The quantitative estimate of drug-likeness (QED) is 0.716. The fourth-order valence-electron chi connectivity index (χ4n) is 6.77. The summed E-state index contributed by atoms with van der Waals surface area (Å²) in [5.41, 5.74) is 2.01. The van der Waals surface area contributed by atoms with E-state index in [4.69, 9.17) is 0 Å². The lowest BCUT2D eigenvalue weighted by atomic mass is 9.64. The number of hydrogen-bond acceptors (Lipinski definition) is 4. The van der Waals surface area contributed by atoms with Crippen molar-refractivity contribution in [3.8, 4) is 0 Å². The van der Waals surface area contributed by atoms with E-state index in [2.05, 4.69) is 46.0 Å². The Hall–Kier alpha value is -2.21. The Balaban J connectivity index is 1.63. The summed E-state index contributed by atoms with van der Waals surface area (Å²) in [6.07, 6.45) is 4.88. The molecule has 3 aliphatic rings. The predicted octanol–water partition coefficient (Wildman–Crippen LogP) is 4.38. The molecule has 3 fully saturated rings. The van der Waals surface area contributed by atoms with E-state index in [0.29, 0.717) is 0 Å². The zero-order valence-corrected chi connectivity index (χ0v) is 19.6. The largest absolute Gasteiger partial charge is 0.334 e. The number of amides is 2. The first-order valence-corrected chi connectivity index (χ1v) is 12.2. The van der Waals surface area contributed by atoms with Crippen molar-refractivity contribution in [2.45, 2.75) is 84.0 Å². The SMILES string of the molecule is CC(=O)N1[C@H]2CCC[C@H]3N(C(=O)c4sc(C)nc4C)[C@@H](Cc4ccccc4)[C@@H]1C[C@@]23C. The van der Waals surface area contributed by atoms with E-state index in [-0.39, 0.29) is 41.4 Å². The van der Waals surface area contributed by atoms with Gasteiger partial charge in [-0.05, 0) is 51.5 Å². The first-order chi connectivity index (χ1) is 14.8. The molecule has 5 rings (SSSR count). The van der Waals surface area contributed by atoms with Gasteiger partial charge in [-0.3, -0.25) is 9.59 Å². The average molecular weight is 438 g/mol. The van der Waals surface area contributed by atoms with E-state index in [9.17, 15) is 9.59 Å². The molecule has 6 heteroatoms. The van der Waals surface area contributed by atoms with Crippen LogP contribution in [0.5, 0.6) is 0 Å². The Morgan fingerprint density at radius 3 is 2.42 bits per heavy atom. The minimum absolute atomic E-state index is 0.0122. The maximum atomic E-state index is 14.1. The summed E-state index contributed by atoms with van der Waals surface area (Å²) in [6.45, 7) is 7.93. The third-order valence-electron chi connectivity index (χ3n) is 7.94. The molecule has 0 unspecified atom stereocenters. The van der Waals surface area contributed by atoms with Crippen LogP contribution in [0.4, 0.5) is 0 Å². The highest BCUT2D eigenvalue weighted by Gasteiger charge is 2.64. The van der Waals surface area contributed by atoms with Gasteiger partial charge >= 0.3 is 0 Å². The number of rotatable bonds is 3. The van der Waals surface area contributed by atoms with Crippen LogP contribution < -0.4 is 0 Å². The Labute approximate surface area is 188 Å². The lowest BCUT2D eigenvalue weighted by Crippen LogP contribution is -2.62. The van der Waals surface area contributed by atoms with E-state index in [1.807, 2.05) is 19.9 Å². The number of carbonyl (C=O) groups excluding carboxylic acids is 2. The average Bonchev–Trinajstić information content (AvgIpc) is 3.23. The molecular weight excluding hydrogens is 406 g/mol. The van der Waals surface area contributed by atoms with E-state index in [1.54, 1.807) is 6.92 Å². The number of benzene rings is 1. The third kappa shape index (κ3) is 3.13. The number of piperidine rings is 1. The van der Waals surface area contributed by atoms with Crippen LogP contribution in [0.25, 0.3) is 0 Å². The molecule has 164 valence electrons. The molecule has 2 aliphatic heterocycles. The lowest BCUT2D eigenvalue weighted by molar-refractivity contribution is -0.133. The zero-order valence-electron chi connectivity index (χ0n) is 18.8. The van der Waals surface area contributed by atoms with Crippen molar-refractivity contribution in [1.82, 2.24) is 14.8 Å². The smallest absolute Gasteiger partial charge is 0.266 e. The molecule has 2 amide bonds. The van der Waals surface area contributed by atoms with Crippen molar-refractivity contribution < 1.29 is 9.59 Å². The van der Waals surface area contributed by atoms with Gasteiger partial charge < -0.3 is 9.80 Å². The summed E-state index contributed by atoms with van der Waals surface area (Å²) in [6, 6.07) is 10.9. The van der Waals surface area contributed by atoms with Crippen molar-refractivity contribution in [3.63, 3.8) is 0 Å². The van der Waals surface area contributed by atoms with Crippen LogP contribution in [-0.4, -0.2) is 50.8 Å². The van der Waals surface area contributed by atoms with Crippen LogP contribution in [0.3, 0.4) is 0 Å². The highest BCUT2D eigenvalue weighted by atomic mass is 32.1.